The molecule has 4 nitrogen and oxygen atoms in total. The van der Waals surface area contributed by atoms with Crippen LogP contribution in [0.2, 0.25) is 0 Å². The van der Waals surface area contributed by atoms with E-state index in [-0.39, 0.29) is 6.10 Å². The lowest BCUT2D eigenvalue weighted by molar-refractivity contribution is 0.0327. The standard InChI is InChI=1S/C16H35NO3/c1-4-5-6-7-8-9-11-19-14-16(18)13-17-10-12-20-15(2)3/h15-18H,4-14H2,1-3H3. The number of ether oxygens (including phenoxy) is 2. The quantitative estimate of drug-likeness (QED) is 0.455. The van der Waals surface area contributed by atoms with Crippen LogP contribution in [0.15, 0.2) is 0 Å². The Morgan fingerprint density at radius 3 is 2.40 bits per heavy atom. The van der Waals surface area contributed by atoms with Crippen molar-refractivity contribution in [1.29, 1.82) is 0 Å². The highest BCUT2D eigenvalue weighted by molar-refractivity contribution is 4.58. The Morgan fingerprint density at radius 2 is 1.70 bits per heavy atom. The molecule has 0 aliphatic heterocycles. The number of aliphatic hydroxyl groups is 1. The molecule has 0 fully saturated rings. The molecule has 0 amide bonds. The molecule has 0 heterocycles. The first-order valence-electron chi connectivity index (χ1n) is 8.25. The Hall–Kier alpha value is -0.160. The topological polar surface area (TPSA) is 50.7 Å². The largest absolute Gasteiger partial charge is 0.389 e. The van der Waals surface area contributed by atoms with Gasteiger partial charge in [0.1, 0.15) is 0 Å². The average molecular weight is 289 g/mol. The molecule has 1 atom stereocenters. The molecule has 122 valence electrons. The maximum Gasteiger partial charge on any atom is 0.0897 e. The van der Waals surface area contributed by atoms with Crippen molar-refractivity contribution in [3.05, 3.63) is 0 Å². The Bertz CT molecular complexity index is 189. The van der Waals surface area contributed by atoms with Crippen LogP contribution in [0.5, 0.6) is 0 Å². The fraction of sp³-hybridized carbons (Fsp3) is 1.00. The summed E-state index contributed by atoms with van der Waals surface area (Å²) in [5.41, 5.74) is 0. The van der Waals surface area contributed by atoms with E-state index >= 15 is 0 Å². The van der Waals surface area contributed by atoms with Crippen LogP contribution in [0.3, 0.4) is 0 Å². The molecule has 0 aromatic heterocycles. The lowest BCUT2D eigenvalue weighted by atomic mass is 10.1. The monoisotopic (exact) mass is 289 g/mol. The van der Waals surface area contributed by atoms with Crippen LogP contribution < -0.4 is 5.32 Å². The minimum absolute atomic E-state index is 0.266. The molecule has 2 N–H and O–H groups in total. The molecule has 0 bridgehead atoms. The van der Waals surface area contributed by atoms with Gasteiger partial charge in [0.05, 0.1) is 25.4 Å². The van der Waals surface area contributed by atoms with Gasteiger partial charge < -0.3 is 19.9 Å². The zero-order chi connectivity index (χ0) is 15.1. The van der Waals surface area contributed by atoms with Gasteiger partial charge in [-0.2, -0.15) is 0 Å². The molecular weight excluding hydrogens is 254 g/mol. The molecule has 0 radical (unpaired) electrons. The van der Waals surface area contributed by atoms with E-state index in [1.807, 2.05) is 13.8 Å². The van der Waals surface area contributed by atoms with E-state index in [1.165, 1.54) is 32.1 Å². The van der Waals surface area contributed by atoms with Crippen LogP contribution in [-0.2, 0) is 9.47 Å². The summed E-state index contributed by atoms with van der Waals surface area (Å²) in [4.78, 5) is 0. The lowest BCUT2D eigenvalue weighted by Gasteiger charge is -2.13. The normalized spacial score (nSPS) is 13.1. The SMILES string of the molecule is CCCCCCCCOCC(O)CNCCOC(C)C. The maximum atomic E-state index is 9.70. The third-order valence-corrected chi connectivity index (χ3v) is 3.06. The van der Waals surface area contributed by atoms with Crippen molar-refractivity contribution in [2.45, 2.75) is 71.5 Å². The van der Waals surface area contributed by atoms with Gasteiger partial charge in [-0.15, -0.1) is 0 Å². The summed E-state index contributed by atoms with van der Waals surface area (Å²) in [6, 6.07) is 0. The highest BCUT2D eigenvalue weighted by Crippen LogP contribution is 2.04. The van der Waals surface area contributed by atoms with Crippen molar-refractivity contribution in [2.75, 3.05) is 32.9 Å². The van der Waals surface area contributed by atoms with Crippen molar-refractivity contribution in [1.82, 2.24) is 5.32 Å². The van der Waals surface area contributed by atoms with Crippen LogP contribution in [0.1, 0.15) is 59.3 Å². The van der Waals surface area contributed by atoms with Crippen LogP contribution >= 0.6 is 0 Å². The van der Waals surface area contributed by atoms with Gasteiger partial charge in [-0.3, -0.25) is 0 Å². The van der Waals surface area contributed by atoms with Crippen LogP contribution in [-0.4, -0.2) is 50.2 Å². The Balaban J connectivity index is 3.14. The Labute approximate surface area is 125 Å². The summed E-state index contributed by atoms with van der Waals surface area (Å²) in [7, 11) is 0. The van der Waals surface area contributed by atoms with Gasteiger partial charge >= 0.3 is 0 Å². The number of hydrogen-bond donors (Lipinski definition) is 2. The number of aliphatic hydroxyl groups excluding tert-OH is 1. The van der Waals surface area contributed by atoms with Gasteiger partial charge in [0.15, 0.2) is 0 Å². The molecule has 0 aliphatic rings. The summed E-state index contributed by atoms with van der Waals surface area (Å²) in [5.74, 6) is 0. The van der Waals surface area contributed by atoms with E-state index < -0.39 is 6.10 Å². The van der Waals surface area contributed by atoms with Gasteiger partial charge in [-0.1, -0.05) is 39.0 Å². The molecule has 0 aromatic rings. The molecule has 20 heavy (non-hydrogen) atoms. The van der Waals surface area contributed by atoms with Crippen molar-refractivity contribution in [3.8, 4) is 0 Å². The van der Waals surface area contributed by atoms with Gasteiger partial charge in [0.2, 0.25) is 0 Å². The second-order valence-corrected chi connectivity index (χ2v) is 5.62. The zero-order valence-electron chi connectivity index (χ0n) is 13.7. The van der Waals surface area contributed by atoms with Crippen LogP contribution in [0, 0.1) is 0 Å². The second-order valence-electron chi connectivity index (χ2n) is 5.62. The molecule has 0 aromatic carbocycles. The first-order valence-corrected chi connectivity index (χ1v) is 8.25. The highest BCUT2D eigenvalue weighted by Gasteiger charge is 2.03. The van der Waals surface area contributed by atoms with E-state index in [1.54, 1.807) is 0 Å². The fourth-order valence-corrected chi connectivity index (χ4v) is 1.90. The molecule has 0 spiro atoms. The zero-order valence-corrected chi connectivity index (χ0v) is 13.7. The number of nitrogens with one attached hydrogen (secondary N) is 1. The third-order valence-electron chi connectivity index (χ3n) is 3.06. The first-order chi connectivity index (χ1) is 9.66. The average Bonchev–Trinajstić information content (AvgIpc) is 2.41. The third kappa shape index (κ3) is 15.9. The summed E-state index contributed by atoms with van der Waals surface area (Å²) in [6.07, 6.45) is 7.45. The molecule has 1 unspecified atom stereocenters. The number of rotatable bonds is 15. The summed E-state index contributed by atoms with van der Waals surface area (Å²) in [6.45, 7) is 9.48. The Morgan fingerprint density at radius 1 is 1.00 bits per heavy atom. The predicted octanol–water partition coefficient (Wildman–Crippen LogP) is 2.74. The Kier molecular flexibility index (Phi) is 15.1. The van der Waals surface area contributed by atoms with E-state index in [0.29, 0.717) is 19.8 Å². The molecule has 0 rings (SSSR count). The van der Waals surface area contributed by atoms with Crippen molar-refractivity contribution in [2.24, 2.45) is 0 Å². The van der Waals surface area contributed by atoms with Gasteiger partial charge in [-0.05, 0) is 20.3 Å². The van der Waals surface area contributed by atoms with Crippen molar-refractivity contribution in [3.63, 3.8) is 0 Å². The fourth-order valence-electron chi connectivity index (χ4n) is 1.90. The van der Waals surface area contributed by atoms with Gasteiger partial charge in [-0.25, -0.2) is 0 Å². The molecule has 0 aliphatic carbocycles. The van der Waals surface area contributed by atoms with E-state index in [9.17, 15) is 5.11 Å². The molecule has 4 heteroatoms. The number of hydrogen-bond acceptors (Lipinski definition) is 4. The minimum atomic E-state index is -0.422. The van der Waals surface area contributed by atoms with Crippen LogP contribution in [0.4, 0.5) is 0 Å². The molecule has 0 saturated heterocycles. The maximum absolute atomic E-state index is 9.70. The predicted molar refractivity (Wildman–Crippen MR) is 84.2 cm³/mol. The first kappa shape index (κ1) is 19.8. The van der Waals surface area contributed by atoms with E-state index in [4.69, 9.17) is 9.47 Å². The van der Waals surface area contributed by atoms with E-state index in [0.717, 1.165) is 19.6 Å². The minimum Gasteiger partial charge on any atom is -0.389 e. The summed E-state index contributed by atoms with van der Waals surface area (Å²) < 4.78 is 10.9. The summed E-state index contributed by atoms with van der Waals surface area (Å²) in [5, 5.41) is 12.9. The van der Waals surface area contributed by atoms with Crippen molar-refractivity contribution >= 4 is 0 Å². The molecular formula is C16H35NO3. The van der Waals surface area contributed by atoms with Gasteiger partial charge in [0, 0.05) is 19.7 Å². The second kappa shape index (κ2) is 15.2. The number of unbranched alkanes of at least 4 members (excludes halogenated alkanes) is 5. The van der Waals surface area contributed by atoms with Crippen molar-refractivity contribution < 1.29 is 14.6 Å². The summed E-state index contributed by atoms with van der Waals surface area (Å²) >= 11 is 0. The van der Waals surface area contributed by atoms with E-state index in [2.05, 4.69) is 12.2 Å². The molecule has 0 saturated carbocycles. The van der Waals surface area contributed by atoms with Crippen LogP contribution in [0.25, 0.3) is 0 Å². The van der Waals surface area contributed by atoms with Gasteiger partial charge in [0.25, 0.3) is 0 Å². The smallest absolute Gasteiger partial charge is 0.0897 e. The lowest BCUT2D eigenvalue weighted by Crippen LogP contribution is -2.32. The highest BCUT2D eigenvalue weighted by atomic mass is 16.5.